The van der Waals surface area contributed by atoms with Crippen LogP contribution in [-0.4, -0.2) is 55.3 Å². The van der Waals surface area contributed by atoms with Crippen molar-refractivity contribution >= 4 is 23.6 Å². The summed E-state index contributed by atoms with van der Waals surface area (Å²) in [4.78, 5) is 21.9. The zero-order valence-electron chi connectivity index (χ0n) is 11.3. The van der Waals surface area contributed by atoms with Crippen LogP contribution in [0.1, 0.15) is 26.3 Å². The van der Waals surface area contributed by atoms with Crippen molar-refractivity contribution in [2.45, 2.75) is 37.6 Å². The van der Waals surface area contributed by atoms with Crippen LogP contribution in [-0.2, 0) is 9.59 Å². The van der Waals surface area contributed by atoms with Crippen LogP contribution in [0.4, 0.5) is 0 Å². The van der Waals surface area contributed by atoms with Gasteiger partial charge < -0.3 is 20.1 Å². The van der Waals surface area contributed by atoms with E-state index in [1.807, 2.05) is 18.4 Å². The minimum absolute atomic E-state index is 0.0199. The molecule has 9 heteroatoms. The van der Waals surface area contributed by atoms with Crippen molar-refractivity contribution in [3.05, 3.63) is 6.33 Å². The number of carbonyl (C=O) groups excluding carboxylic acids is 1. The van der Waals surface area contributed by atoms with Gasteiger partial charge >= 0.3 is 5.97 Å². The monoisotopic (exact) mass is 302 g/mol. The highest BCUT2D eigenvalue weighted by atomic mass is 32.2. The Hall–Kier alpha value is -1.61. The van der Waals surface area contributed by atoms with Crippen LogP contribution < -0.4 is 5.32 Å². The molecule has 1 heterocycles. The summed E-state index contributed by atoms with van der Waals surface area (Å²) in [6, 6.07) is 0.210. The lowest BCUT2D eigenvalue weighted by Crippen LogP contribution is -2.31. The van der Waals surface area contributed by atoms with Crippen LogP contribution in [0.3, 0.4) is 0 Å². The number of carbonyl (C=O) groups is 2. The van der Waals surface area contributed by atoms with Gasteiger partial charge in [-0.2, -0.15) is 0 Å². The minimum atomic E-state index is -1.45. The molecule has 0 radical (unpaired) electrons. The Morgan fingerprint density at radius 2 is 2.20 bits per heavy atom. The van der Waals surface area contributed by atoms with Gasteiger partial charge in [0.1, 0.15) is 6.33 Å². The molecule has 1 aromatic heterocycles. The van der Waals surface area contributed by atoms with Crippen molar-refractivity contribution in [1.82, 2.24) is 20.1 Å². The van der Waals surface area contributed by atoms with Crippen LogP contribution in [0, 0.1) is 0 Å². The van der Waals surface area contributed by atoms with Gasteiger partial charge in [-0.15, -0.1) is 10.2 Å². The second kappa shape index (κ2) is 7.85. The van der Waals surface area contributed by atoms with Crippen LogP contribution in [0.25, 0.3) is 0 Å². The van der Waals surface area contributed by atoms with E-state index in [9.17, 15) is 9.59 Å². The fraction of sp³-hybridized carbons (Fsp3) is 0.636. The number of nitrogens with zero attached hydrogens (tertiary/aromatic N) is 3. The number of hydrogen-bond donors (Lipinski definition) is 3. The number of thioether (sulfide) groups is 1. The standard InChI is InChI=1S/C11H18N4O4S/c1-7(2)15-6-13-14-11(15)20-5-9(17)12-4-3-8(16)10(18)19/h6-8,16H,3-5H2,1-2H3,(H,12,17)(H,18,19). The molecular formula is C11H18N4O4S. The first-order valence-electron chi connectivity index (χ1n) is 6.11. The maximum absolute atomic E-state index is 11.6. The molecule has 1 amide bonds. The first-order chi connectivity index (χ1) is 9.41. The van der Waals surface area contributed by atoms with E-state index in [0.717, 1.165) is 0 Å². The van der Waals surface area contributed by atoms with Gasteiger partial charge in [0.25, 0.3) is 0 Å². The van der Waals surface area contributed by atoms with E-state index in [2.05, 4.69) is 15.5 Å². The highest BCUT2D eigenvalue weighted by Crippen LogP contribution is 2.18. The number of aliphatic hydroxyl groups is 1. The molecule has 0 spiro atoms. The van der Waals surface area contributed by atoms with Gasteiger partial charge in [0, 0.05) is 19.0 Å². The number of rotatable bonds is 8. The van der Waals surface area contributed by atoms with E-state index in [-0.39, 0.29) is 30.7 Å². The van der Waals surface area contributed by atoms with Crippen LogP contribution in [0.2, 0.25) is 0 Å². The summed E-state index contributed by atoms with van der Waals surface area (Å²) in [5, 5.41) is 28.4. The van der Waals surface area contributed by atoms with Gasteiger partial charge in [-0.3, -0.25) is 4.79 Å². The molecule has 0 aliphatic carbocycles. The summed E-state index contributed by atoms with van der Waals surface area (Å²) < 4.78 is 1.85. The van der Waals surface area contributed by atoms with Gasteiger partial charge in [0.2, 0.25) is 5.91 Å². The lowest BCUT2D eigenvalue weighted by molar-refractivity contribution is -0.147. The van der Waals surface area contributed by atoms with Crippen molar-refractivity contribution in [3.63, 3.8) is 0 Å². The minimum Gasteiger partial charge on any atom is -0.479 e. The third-order valence-corrected chi connectivity index (χ3v) is 3.41. The highest BCUT2D eigenvalue weighted by molar-refractivity contribution is 7.99. The maximum Gasteiger partial charge on any atom is 0.332 e. The molecule has 0 aliphatic rings. The number of amides is 1. The molecule has 0 aliphatic heterocycles. The van der Waals surface area contributed by atoms with Crippen molar-refractivity contribution < 1.29 is 19.8 Å². The summed E-state index contributed by atoms with van der Waals surface area (Å²) in [6.45, 7) is 4.09. The maximum atomic E-state index is 11.6. The summed E-state index contributed by atoms with van der Waals surface area (Å²) in [7, 11) is 0. The molecule has 1 aromatic rings. The predicted octanol–water partition coefficient (Wildman–Crippen LogP) is -0.0971. The molecule has 0 bridgehead atoms. The van der Waals surface area contributed by atoms with Crippen LogP contribution in [0.5, 0.6) is 0 Å². The molecule has 0 aromatic carbocycles. The number of aromatic nitrogens is 3. The van der Waals surface area contributed by atoms with Gasteiger partial charge in [0.15, 0.2) is 11.3 Å². The summed E-state index contributed by atoms with van der Waals surface area (Å²) >= 11 is 1.25. The number of hydrogen-bond acceptors (Lipinski definition) is 6. The van der Waals surface area contributed by atoms with E-state index < -0.39 is 12.1 Å². The molecule has 0 saturated carbocycles. The second-order valence-corrected chi connectivity index (χ2v) is 5.34. The summed E-state index contributed by atoms with van der Waals surface area (Å²) in [5.74, 6) is -1.38. The number of aliphatic hydroxyl groups excluding tert-OH is 1. The Morgan fingerprint density at radius 1 is 1.50 bits per heavy atom. The lowest BCUT2D eigenvalue weighted by Gasteiger charge is -2.10. The molecule has 0 fully saturated rings. The Kier molecular flexibility index (Phi) is 6.46. The van der Waals surface area contributed by atoms with E-state index in [1.165, 1.54) is 11.8 Å². The van der Waals surface area contributed by atoms with Gasteiger partial charge in [0.05, 0.1) is 5.75 Å². The fourth-order valence-corrected chi connectivity index (χ4v) is 2.22. The molecule has 3 N–H and O–H groups in total. The van der Waals surface area contributed by atoms with Crippen LogP contribution >= 0.6 is 11.8 Å². The smallest absolute Gasteiger partial charge is 0.332 e. The quantitative estimate of drug-likeness (QED) is 0.574. The van der Waals surface area contributed by atoms with Crippen molar-refractivity contribution in [3.8, 4) is 0 Å². The Bertz CT molecular complexity index is 463. The molecule has 20 heavy (non-hydrogen) atoms. The number of carboxylic acid groups (broad SMARTS) is 1. The Morgan fingerprint density at radius 3 is 2.80 bits per heavy atom. The average molecular weight is 302 g/mol. The largest absolute Gasteiger partial charge is 0.479 e. The molecular weight excluding hydrogens is 284 g/mol. The Labute approximate surface area is 120 Å². The molecule has 1 atom stereocenters. The molecule has 1 unspecified atom stereocenters. The normalized spacial score (nSPS) is 12.4. The van der Waals surface area contributed by atoms with Gasteiger partial charge in [-0.25, -0.2) is 4.79 Å². The first-order valence-corrected chi connectivity index (χ1v) is 7.10. The predicted molar refractivity (Wildman–Crippen MR) is 72.4 cm³/mol. The first kappa shape index (κ1) is 16.4. The van der Waals surface area contributed by atoms with E-state index in [1.54, 1.807) is 6.33 Å². The number of carboxylic acids is 1. The average Bonchev–Trinajstić information content (AvgIpc) is 2.84. The second-order valence-electron chi connectivity index (χ2n) is 4.40. The summed E-state index contributed by atoms with van der Waals surface area (Å²) in [5.41, 5.74) is 0. The third kappa shape index (κ3) is 5.17. The third-order valence-electron chi connectivity index (χ3n) is 2.45. The molecule has 0 saturated heterocycles. The van der Waals surface area contributed by atoms with Crippen LogP contribution in [0.15, 0.2) is 11.5 Å². The fourth-order valence-electron chi connectivity index (χ4n) is 1.34. The zero-order chi connectivity index (χ0) is 15.1. The van der Waals surface area contributed by atoms with E-state index in [0.29, 0.717) is 5.16 Å². The van der Waals surface area contributed by atoms with E-state index in [4.69, 9.17) is 10.2 Å². The molecule has 112 valence electrons. The topological polar surface area (TPSA) is 117 Å². The lowest BCUT2D eigenvalue weighted by atomic mass is 10.2. The number of aliphatic carboxylic acids is 1. The summed E-state index contributed by atoms with van der Waals surface area (Å²) in [6.07, 6.45) is 0.133. The van der Waals surface area contributed by atoms with Crippen molar-refractivity contribution in [1.29, 1.82) is 0 Å². The highest BCUT2D eigenvalue weighted by Gasteiger charge is 2.14. The number of nitrogens with one attached hydrogen (secondary N) is 1. The zero-order valence-corrected chi connectivity index (χ0v) is 12.1. The van der Waals surface area contributed by atoms with Crippen molar-refractivity contribution in [2.24, 2.45) is 0 Å². The van der Waals surface area contributed by atoms with Crippen molar-refractivity contribution in [2.75, 3.05) is 12.3 Å². The van der Waals surface area contributed by atoms with Gasteiger partial charge in [-0.05, 0) is 13.8 Å². The van der Waals surface area contributed by atoms with E-state index >= 15 is 0 Å². The SMILES string of the molecule is CC(C)n1cnnc1SCC(=O)NCCC(O)C(=O)O. The molecule has 1 rings (SSSR count). The Balaban J connectivity index is 2.30. The molecule has 8 nitrogen and oxygen atoms in total. The van der Waals surface area contributed by atoms with Gasteiger partial charge in [-0.1, -0.05) is 11.8 Å².